The maximum absolute atomic E-state index is 12.2. The van der Waals surface area contributed by atoms with E-state index in [1.165, 1.54) is 5.56 Å². The average Bonchev–Trinajstić information content (AvgIpc) is 2.61. The zero-order valence-corrected chi connectivity index (χ0v) is 15.0. The number of nitrogens with one attached hydrogen (secondary N) is 2. The number of carbonyl (C=O) groups is 1. The molecule has 0 aliphatic carbocycles. The molecule has 1 aromatic heterocycles. The van der Waals surface area contributed by atoms with E-state index >= 15 is 0 Å². The van der Waals surface area contributed by atoms with Gasteiger partial charge in [0, 0.05) is 19.1 Å². The molecular weight excluding hydrogens is 316 g/mol. The number of aromatic nitrogens is 1. The van der Waals surface area contributed by atoms with Gasteiger partial charge in [-0.25, -0.2) is 4.79 Å². The third kappa shape index (κ3) is 5.19. The summed E-state index contributed by atoms with van der Waals surface area (Å²) in [5.74, 6) is -0.410. The van der Waals surface area contributed by atoms with Crippen LogP contribution in [0, 0.1) is 6.92 Å². The van der Waals surface area contributed by atoms with E-state index in [-0.39, 0.29) is 6.04 Å². The predicted molar refractivity (Wildman–Crippen MR) is 101 cm³/mol. The Bertz CT molecular complexity index is 704. The van der Waals surface area contributed by atoms with Crippen LogP contribution in [0.2, 0.25) is 0 Å². The SMILES string of the molecule is CCOC(=O)c1c(C)ncc(N)c1NCC(C)NCc1ccccc1. The minimum absolute atomic E-state index is 0.183. The molecule has 134 valence electrons. The molecule has 0 bridgehead atoms. The van der Waals surface area contributed by atoms with Gasteiger partial charge in [-0.15, -0.1) is 0 Å². The van der Waals surface area contributed by atoms with Gasteiger partial charge in [0.2, 0.25) is 0 Å². The Morgan fingerprint density at radius 3 is 2.72 bits per heavy atom. The highest BCUT2D eigenvalue weighted by molar-refractivity contribution is 5.99. The van der Waals surface area contributed by atoms with Crippen LogP contribution in [0.3, 0.4) is 0 Å². The highest BCUT2D eigenvalue weighted by Crippen LogP contribution is 2.26. The van der Waals surface area contributed by atoms with Gasteiger partial charge in [-0.3, -0.25) is 4.98 Å². The summed E-state index contributed by atoms with van der Waals surface area (Å²) in [4.78, 5) is 16.4. The van der Waals surface area contributed by atoms with E-state index in [4.69, 9.17) is 10.5 Å². The van der Waals surface area contributed by atoms with Crippen LogP contribution in [0.15, 0.2) is 36.5 Å². The van der Waals surface area contributed by atoms with E-state index in [2.05, 4.69) is 34.7 Å². The Balaban J connectivity index is 2.01. The first kappa shape index (κ1) is 18.7. The number of esters is 1. The van der Waals surface area contributed by atoms with Gasteiger partial charge in [-0.1, -0.05) is 30.3 Å². The molecule has 1 unspecified atom stereocenters. The quantitative estimate of drug-likeness (QED) is 0.639. The number of hydrogen-bond acceptors (Lipinski definition) is 6. The van der Waals surface area contributed by atoms with Crippen LogP contribution in [0.4, 0.5) is 11.4 Å². The molecule has 6 nitrogen and oxygen atoms in total. The van der Waals surface area contributed by atoms with Crippen molar-refractivity contribution >= 4 is 17.3 Å². The van der Waals surface area contributed by atoms with Gasteiger partial charge in [0.05, 0.1) is 29.9 Å². The van der Waals surface area contributed by atoms with Gasteiger partial charge in [0.1, 0.15) is 5.56 Å². The van der Waals surface area contributed by atoms with Crippen molar-refractivity contribution in [2.75, 3.05) is 24.2 Å². The van der Waals surface area contributed by atoms with Crippen molar-refractivity contribution < 1.29 is 9.53 Å². The first-order valence-corrected chi connectivity index (χ1v) is 8.46. The van der Waals surface area contributed by atoms with Gasteiger partial charge in [0.25, 0.3) is 0 Å². The van der Waals surface area contributed by atoms with Gasteiger partial charge in [-0.05, 0) is 26.3 Å². The molecule has 6 heteroatoms. The number of ether oxygens (including phenoxy) is 1. The molecule has 0 amide bonds. The number of aryl methyl sites for hydroxylation is 1. The molecule has 0 radical (unpaired) electrons. The Kier molecular flexibility index (Phi) is 6.77. The van der Waals surface area contributed by atoms with Crippen molar-refractivity contribution in [3.8, 4) is 0 Å². The molecule has 0 fully saturated rings. The van der Waals surface area contributed by atoms with Crippen molar-refractivity contribution in [2.45, 2.75) is 33.4 Å². The first-order valence-electron chi connectivity index (χ1n) is 8.46. The van der Waals surface area contributed by atoms with Crippen LogP contribution < -0.4 is 16.4 Å². The smallest absolute Gasteiger partial charge is 0.342 e. The Morgan fingerprint density at radius 1 is 1.32 bits per heavy atom. The fraction of sp³-hybridized carbons (Fsp3) is 0.368. The van der Waals surface area contributed by atoms with Gasteiger partial charge >= 0.3 is 5.97 Å². The fourth-order valence-electron chi connectivity index (χ4n) is 2.48. The molecule has 25 heavy (non-hydrogen) atoms. The summed E-state index contributed by atoms with van der Waals surface area (Å²) in [6.07, 6.45) is 1.56. The van der Waals surface area contributed by atoms with Crippen LogP contribution in [-0.4, -0.2) is 30.1 Å². The van der Waals surface area contributed by atoms with Gasteiger partial charge in [0.15, 0.2) is 0 Å². The second kappa shape index (κ2) is 9.03. The van der Waals surface area contributed by atoms with Crippen LogP contribution in [-0.2, 0) is 11.3 Å². The van der Waals surface area contributed by atoms with E-state index in [9.17, 15) is 4.79 Å². The topological polar surface area (TPSA) is 89.3 Å². The summed E-state index contributed by atoms with van der Waals surface area (Å²) in [5, 5.41) is 6.71. The zero-order valence-electron chi connectivity index (χ0n) is 15.0. The number of benzene rings is 1. The monoisotopic (exact) mass is 342 g/mol. The van der Waals surface area contributed by atoms with Crippen molar-refractivity contribution in [2.24, 2.45) is 0 Å². The normalized spacial score (nSPS) is 11.8. The first-order chi connectivity index (χ1) is 12.0. The molecule has 4 N–H and O–H groups in total. The summed E-state index contributed by atoms with van der Waals surface area (Å²) in [6, 6.07) is 10.4. The third-order valence-electron chi connectivity index (χ3n) is 3.86. The molecule has 0 spiro atoms. The number of anilines is 2. The lowest BCUT2D eigenvalue weighted by atomic mass is 10.1. The maximum Gasteiger partial charge on any atom is 0.342 e. The number of hydrogen-bond donors (Lipinski definition) is 3. The van der Waals surface area contributed by atoms with E-state index in [0.717, 1.165) is 6.54 Å². The number of nitrogen functional groups attached to an aromatic ring is 1. The maximum atomic E-state index is 12.2. The minimum atomic E-state index is -0.410. The largest absolute Gasteiger partial charge is 0.462 e. The molecule has 0 saturated heterocycles. The molecular formula is C19H26N4O2. The second-order valence-electron chi connectivity index (χ2n) is 5.92. The average molecular weight is 342 g/mol. The minimum Gasteiger partial charge on any atom is -0.462 e. The number of pyridine rings is 1. The van der Waals surface area contributed by atoms with Crippen LogP contribution >= 0.6 is 0 Å². The molecule has 2 rings (SSSR count). The number of nitrogens with two attached hydrogens (primary N) is 1. The molecule has 1 aromatic carbocycles. The number of carbonyl (C=O) groups excluding carboxylic acids is 1. The molecule has 0 aliphatic heterocycles. The van der Waals surface area contributed by atoms with Crippen LogP contribution in [0.25, 0.3) is 0 Å². The molecule has 1 atom stereocenters. The van der Waals surface area contributed by atoms with Crippen LogP contribution in [0.5, 0.6) is 0 Å². The fourth-order valence-corrected chi connectivity index (χ4v) is 2.48. The lowest BCUT2D eigenvalue weighted by Gasteiger charge is -2.19. The van der Waals surface area contributed by atoms with Crippen LogP contribution in [0.1, 0.15) is 35.5 Å². The summed E-state index contributed by atoms with van der Waals surface area (Å²) >= 11 is 0. The zero-order chi connectivity index (χ0) is 18.2. The third-order valence-corrected chi connectivity index (χ3v) is 3.86. The standard InChI is InChI=1S/C19H26N4O2/c1-4-25-19(24)17-14(3)22-12-16(20)18(17)23-10-13(2)21-11-15-8-6-5-7-9-15/h5-9,12-13,21H,4,10-11,20H2,1-3H3,(H,22,23). The van der Waals surface area contributed by atoms with E-state index in [1.54, 1.807) is 20.0 Å². The van der Waals surface area contributed by atoms with E-state index in [0.29, 0.717) is 35.8 Å². The predicted octanol–water partition coefficient (Wildman–Crippen LogP) is 2.74. The highest BCUT2D eigenvalue weighted by atomic mass is 16.5. The number of nitrogens with zero attached hydrogens (tertiary/aromatic N) is 1. The van der Waals surface area contributed by atoms with Gasteiger partial charge in [-0.2, -0.15) is 0 Å². The van der Waals surface area contributed by atoms with Crippen molar-refractivity contribution in [1.29, 1.82) is 0 Å². The second-order valence-corrected chi connectivity index (χ2v) is 5.92. The lowest BCUT2D eigenvalue weighted by Crippen LogP contribution is -2.32. The van der Waals surface area contributed by atoms with E-state index in [1.807, 2.05) is 18.2 Å². The Morgan fingerprint density at radius 2 is 2.04 bits per heavy atom. The summed E-state index contributed by atoms with van der Waals surface area (Å²) in [6.45, 7) is 7.32. The lowest BCUT2D eigenvalue weighted by molar-refractivity contribution is 0.0526. The summed E-state index contributed by atoms with van der Waals surface area (Å²) in [5.41, 5.74) is 9.26. The van der Waals surface area contributed by atoms with E-state index < -0.39 is 5.97 Å². The summed E-state index contributed by atoms with van der Waals surface area (Å²) in [7, 11) is 0. The summed E-state index contributed by atoms with van der Waals surface area (Å²) < 4.78 is 5.13. The molecule has 2 aromatic rings. The Hall–Kier alpha value is -2.60. The number of rotatable bonds is 8. The molecule has 1 heterocycles. The van der Waals surface area contributed by atoms with Crippen molar-refractivity contribution in [3.63, 3.8) is 0 Å². The highest BCUT2D eigenvalue weighted by Gasteiger charge is 2.19. The molecule has 0 saturated carbocycles. The van der Waals surface area contributed by atoms with Crippen molar-refractivity contribution in [3.05, 3.63) is 53.3 Å². The molecule has 0 aliphatic rings. The van der Waals surface area contributed by atoms with Gasteiger partial charge < -0.3 is 21.1 Å². The van der Waals surface area contributed by atoms with Crippen molar-refractivity contribution in [1.82, 2.24) is 10.3 Å². The Labute approximate surface area is 148 Å².